The van der Waals surface area contributed by atoms with Crippen LogP contribution in [0.4, 0.5) is 0 Å². The topological polar surface area (TPSA) is 62.7 Å². The Morgan fingerprint density at radius 2 is 1.43 bits per heavy atom. The highest BCUT2D eigenvalue weighted by molar-refractivity contribution is 7.98. The summed E-state index contributed by atoms with van der Waals surface area (Å²) in [4.78, 5) is 22.0. The summed E-state index contributed by atoms with van der Waals surface area (Å²) in [5, 5.41) is 0.591. The van der Waals surface area contributed by atoms with Crippen molar-refractivity contribution in [1.29, 1.82) is 0 Å². The molecule has 0 saturated carbocycles. The maximum absolute atomic E-state index is 13.2. The van der Waals surface area contributed by atoms with Gasteiger partial charge in [0, 0.05) is 26.2 Å². The zero-order valence-electron chi connectivity index (χ0n) is 20.3. The molecule has 2 aromatic heterocycles. The first-order chi connectivity index (χ1) is 18.2. The first-order valence-electron chi connectivity index (χ1n) is 12.4. The van der Waals surface area contributed by atoms with Crippen molar-refractivity contribution in [2.24, 2.45) is 0 Å². The van der Waals surface area contributed by atoms with Gasteiger partial charge in [-0.2, -0.15) is 0 Å². The fourth-order valence-corrected chi connectivity index (χ4v) is 5.57. The van der Waals surface area contributed by atoms with Crippen LogP contribution in [0, 0.1) is 0 Å². The number of aromatic nitrogens is 1. The number of benzene rings is 3. The van der Waals surface area contributed by atoms with E-state index in [4.69, 9.17) is 8.83 Å². The molecule has 7 heteroatoms. The average Bonchev–Trinajstić information content (AvgIpc) is 3.60. The lowest BCUT2D eigenvalue weighted by molar-refractivity contribution is 0.0566. The monoisotopic (exact) mass is 509 g/mol. The minimum absolute atomic E-state index is 0.0614. The van der Waals surface area contributed by atoms with Gasteiger partial charge in [-0.25, -0.2) is 4.98 Å². The maximum Gasteiger partial charge on any atom is 0.289 e. The van der Waals surface area contributed by atoms with Gasteiger partial charge < -0.3 is 13.7 Å². The molecule has 0 atom stereocenters. The van der Waals surface area contributed by atoms with Crippen molar-refractivity contribution in [1.82, 2.24) is 14.8 Å². The molecule has 0 spiro atoms. The number of fused-ring (bicyclic) bond motifs is 1. The second-order valence-electron chi connectivity index (χ2n) is 9.05. The number of carbonyl (C=O) groups is 1. The lowest BCUT2D eigenvalue weighted by Gasteiger charge is -2.39. The van der Waals surface area contributed by atoms with Crippen molar-refractivity contribution in [3.05, 3.63) is 120 Å². The van der Waals surface area contributed by atoms with E-state index in [2.05, 4.69) is 58.4 Å². The highest BCUT2D eigenvalue weighted by Gasteiger charge is 2.29. The Morgan fingerprint density at radius 3 is 2.11 bits per heavy atom. The summed E-state index contributed by atoms with van der Waals surface area (Å²) in [6, 6.07) is 32.6. The van der Waals surface area contributed by atoms with E-state index in [9.17, 15) is 4.79 Å². The van der Waals surface area contributed by atoms with E-state index in [1.807, 2.05) is 47.4 Å². The number of hydrogen-bond acceptors (Lipinski definition) is 6. The van der Waals surface area contributed by atoms with Crippen LogP contribution in [-0.4, -0.2) is 46.9 Å². The van der Waals surface area contributed by atoms with E-state index < -0.39 is 0 Å². The highest BCUT2D eigenvalue weighted by atomic mass is 32.2. The van der Waals surface area contributed by atoms with Crippen LogP contribution < -0.4 is 0 Å². The van der Waals surface area contributed by atoms with Crippen LogP contribution in [0.15, 0.2) is 111 Å². The number of nitrogens with zero attached hydrogens (tertiary/aromatic N) is 3. The number of amides is 1. The van der Waals surface area contributed by atoms with Gasteiger partial charge in [0.05, 0.1) is 11.8 Å². The van der Waals surface area contributed by atoms with Crippen molar-refractivity contribution in [2.75, 3.05) is 26.2 Å². The molecule has 37 heavy (non-hydrogen) atoms. The SMILES string of the molecule is O=C(c1ccc(CSc2nc3ccccc3o2)o1)N1CCN(C(c2ccccc2)c2ccccc2)CC1. The predicted octanol–water partition coefficient (Wildman–Crippen LogP) is 6.26. The van der Waals surface area contributed by atoms with Gasteiger partial charge in [-0.05, 0) is 35.4 Å². The number of para-hydroxylation sites is 2. The van der Waals surface area contributed by atoms with Gasteiger partial charge in [0.1, 0.15) is 11.3 Å². The van der Waals surface area contributed by atoms with Crippen molar-refractivity contribution in [3.63, 3.8) is 0 Å². The van der Waals surface area contributed by atoms with E-state index in [1.54, 1.807) is 6.07 Å². The fourth-order valence-electron chi connectivity index (χ4n) is 4.84. The van der Waals surface area contributed by atoms with Crippen LogP contribution in [-0.2, 0) is 5.75 Å². The van der Waals surface area contributed by atoms with Crippen LogP contribution >= 0.6 is 11.8 Å². The molecule has 6 nitrogen and oxygen atoms in total. The van der Waals surface area contributed by atoms with E-state index in [0.717, 1.165) is 29.9 Å². The molecule has 1 aliphatic heterocycles. The third kappa shape index (κ3) is 5.19. The first kappa shape index (κ1) is 23.6. The number of piperazine rings is 1. The molecule has 1 amide bonds. The molecule has 3 aromatic carbocycles. The van der Waals surface area contributed by atoms with E-state index in [0.29, 0.717) is 29.8 Å². The van der Waals surface area contributed by atoms with Crippen LogP contribution in [0.5, 0.6) is 0 Å². The highest BCUT2D eigenvalue weighted by Crippen LogP contribution is 2.30. The summed E-state index contributed by atoms with van der Waals surface area (Å²) >= 11 is 1.46. The van der Waals surface area contributed by atoms with Crippen LogP contribution in [0.2, 0.25) is 0 Å². The van der Waals surface area contributed by atoms with Crippen LogP contribution in [0.1, 0.15) is 33.5 Å². The second-order valence-corrected chi connectivity index (χ2v) is 9.98. The maximum atomic E-state index is 13.2. The quantitative estimate of drug-likeness (QED) is 0.241. The Kier molecular flexibility index (Phi) is 6.80. The average molecular weight is 510 g/mol. The lowest BCUT2D eigenvalue weighted by atomic mass is 9.96. The van der Waals surface area contributed by atoms with Gasteiger partial charge in [0.25, 0.3) is 11.1 Å². The molecule has 3 heterocycles. The molecule has 1 fully saturated rings. The van der Waals surface area contributed by atoms with Gasteiger partial charge in [-0.15, -0.1) is 0 Å². The van der Waals surface area contributed by atoms with Crippen molar-refractivity contribution in [3.8, 4) is 0 Å². The Bertz CT molecular complexity index is 1400. The van der Waals surface area contributed by atoms with Crippen molar-refractivity contribution >= 4 is 28.8 Å². The van der Waals surface area contributed by atoms with Gasteiger partial charge in [-0.3, -0.25) is 9.69 Å². The van der Waals surface area contributed by atoms with Crippen LogP contribution in [0.3, 0.4) is 0 Å². The molecular formula is C30H27N3O3S. The minimum Gasteiger partial charge on any atom is -0.455 e. The Balaban J connectivity index is 1.09. The zero-order chi connectivity index (χ0) is 25.0. The summed E-state index contributed by atoms with van der Waals surface area (Å²) < 4.78 is 11.7. The molecule has 0 radical (unpaired) electrons. The number of rotatable bonds is 7. The molecule has 0 unspecified atom stereocenters. The smallest absolute Gasteiger partial charge is 0.289 e. The van der Waals surface area contributed by atoms with Gasteiger partial charge >= 0.3 is 0 Å². The fraction of sp³-hybridized carbons (Fsp3) is 0.200. The molecule has 0 bridgehead atoms. The second kappa shape index (κ2) is 10.7. The van der Waals surface area contributed by atoms with Crippen LogP contribution in [0.25, 0.3) is 11.1 Å². The summed E-state index contributed by atoms with van der Waals surface area (Å²) in [5.41, 5.74) is 4.13. The van der Waals surface area contributed by atoms with Gasteiger partial charge in [0.15, 0.2) is 11.3 Å². The molecule has 186 valence electrons. The Morgan fingerprint density at radius 1 is 0.784 bits per heavy atom. The third-order valence-electron chi connectivity index (χ3n) is 6.68. The Hall–Kier alpha value is -3.81. The summed E-state index contributed by atoms with van der Waals surface area (Å²) in [7, 11) is 0. The summed E-state index contributed by atoms with van der Waals surface area (Å²) in [5.74, 6) is 1.59. The number of thioether (sulfide) groups is 1. The molecule has 1 aliphatic rings. The molecule has 6 rings (SSSR count). The summed E-state index contributed by atoms with van der Waals surface area (Å²) in [6.07, 6.45) is 0. The normalized spacial score (nSPS) is 14.5. The standard InChI is InChI=1S/C30H27N3O3S/c34-29(27-16-15-24(35-27)21-37-30-31-25-13-7-8-14-26(25)36-30)33-19-17-32(18-20-33)28(22-9-3-1-4-10-22)23-11-5-2-6-12-23/h1-16,28H,17-21H2. The van der Waals surface area contributed by atoms with Gasteiger partial charge in [-0.1, -0.05) is 84.6 Å². The van der Waals surface area contributed by atoms with Crippen molar-refractivity contribution < 1.29 is 13.6 Å². The lowest BCUT2D eigenvalue weighted by Crippen LogP contribution is -2.49. The first-order valence-corrected chi connectivity index (χ1v) is 13.4. The summed E-state index contributed by atoms with van der Waals surface area (Å²) in [6.45, 7) is 2.90. The van der Waals surface area contributed by atoms with E-state index in [1.165, 1.54) is 22.9 Å². The van der Waals surface area contributed by atoms with E-state index in [-0.39, 0.29) is 11.9 Å². The number of furan rings is 1. The zero-order valence-corrected chi connectivity index (χ0v) is 21.1. The third-order valence-corrected chi connectivity index (χ3v) is 7.53. The Labute approximate surface area is 219 Å². The molecule has 1 saturated heterocycles. The molecule has 5 aromatic rings. The molecular weight excluding hydrogens is 482 g/mol. The minimum atomic E-state index is -0.0614. The number of hydrogen-bond donors (Lipinski definition) is 0. The van der Waals surface area contributed by atoms with Crippen molar-refractivity contribution in [2.45, 2.75) is 17.0 Å². The molecule has 0 aliphatic carbocycles. The van der Waals surface area contributed by atoms with Gasteiger partial charge in [0.2, 0.25) is 0 Å². The largest absolute Gasteiger partial charge is 0.455 e. The number of carbonyl (C=O) groups excluding carboxylic acids is 1. The number of oxazole rings is 1. The molecule has 0 N–H and O–H groups in total. The van der Waals surface area contributed by atoms with E-state index >= 15 is 0 Å². The predicted molar refractivity (Wildman–Crippen MR) is 144 cm³/mol.